The van der Waals surface area contributed by atoms with Crippen molar-refractivity contribution in [3.8, 4) is 0 Å². The van der Waals surface area contributed by atoms with Crippen molar-refractivity contribution in [1.29, 1.82) is 0 Å². The van der Waals surface area contributed by atoms with Crippen LogP contribution >= 0.6 is 15.9 Å². The van der Waals surface area contributed by atoms with Gasteiger partial charge in [0.05, 0.1) is 12.7 Å². The Bertz CT molecular complexity index is 614. The molecule has 0 aliphatic carbocycles. The lowest BCUT2D eigenvalue weighted by atomic mass is 10.2. The molecule has 0 bridgehead atoms. The Kier molecular flexibility index (Phi) is 4.16. The summed E-state index contributed by atoms with van der Waals surface area (Å²) in [6.07, 6.45) is 1.57. The minimum absolute atomic E-state index is 0.377. The van der Waals surface area contributed by atoms with Crippen molar-refractivity contribution < 1.29 is 9.53 Å². The van der Waals surface area contributed by atoms with Crippen LogP contribution in [0.3, 0.4) is 0 Å². The lowest BCUT2D eigenvalue weighted by Crippen LogP contribution is -2.03. The van der Waals surface area contributed by atoms with Gasteiger partial charge in [0.15, 0.2) is 0 Å². The molecule has 0 saturated carbocycles. The molecule has 0 aliphatic heterocycles. The number of pyridine rings is 1. The number of hydrogen-bond acceptors (Lipinski definition) is 4. The molecule has 0 spiro atoms. The maximum Gasteiger partial charge on any atom is 0.338 e. The van der Waals surface area contributed by atoms with Gasteiger partial charge in [0, 0.05) is 16.4 Å². The lowest BCUT2D eigenvalue weighted by Gasteiger charge is -2.08. The average molecular weight is 321 g/mol. The summed E-state index contributed by atoms with van der Waals surface area (Å²) in [4.78, 5) is 15.6. The molecule has 5 heteroatoms. The number of ether oxygens (including phenoxy) is 1. The first-order chi connectivity index (χ1) is 9.10. The average Bonchev–Trinajstić information content (AvgIpc) is 2.42. The molecule has 0 radical (unpaired) electrons. The number of carbonyl (C=O) groups is 1. The van der Waals surface area contributed by atoms with Crippen LogP contribution in [0.15, 0.2) is 41.0 Å². The maximum atomic E-state index is 11.4. The van der Waals surface area contributed by atoms with Gasteiger partial charge in [-0.15, -0.1) is 0 Å². The summed E-state index contributed by atoms with van der Waals surface area (Å²) >= 11 is 3.45. The predicted molar refractivity (Wildman–Crippen MR) is 77.7 cm³/mol. The molecule has 0 aliphatic rings. The molecule has 0 atom stereocenters. The number of methoxy groups -OCH3 is 1. The Morgan fingerprint density at radius 2 is 2.11 bits per heavy atom. The van der Waals surface area contributed by atoms with Crippen molar-refractivity contribution >= 4 is 33.4 Å². The molecule has 4 nitrogen and oxygen atoms in total. The number of nitrogens with one attached hydrogen (secondary N) is 1. The quantitative estimate of drug-likeness (QED) is 0.876. The van der Waals surface area contributed by atoms with Crippen LogP contribution in [0.25, 0.3) is 0 Å². The summed E-state index contributed by atoms with van der Waals surface area (Å²) < 4.78 is 5.73. The molecule has 19 heavy (non-hydrogen) atoms. The fraction of sp³-hybridized carbons (Fsp3) is 0.143. The van der Waals surface area contributed by atoms with Gasteiger partial charge in [-0.25, -0.2) is 9.78 Å². The topological polar surface area (TPSA) is 51.2 Å². The lowest BCUT2D eigenvalue weighted by molar-refractivity contribution is 0.0600. The van der Waals surface area contributed by atoms with Crippen LogP contribution in [-0.2, 0) is 4.74 Å². The highest BCUT2D eigenvalue weighted by molar-refractivity contribution is 9.10. The van der Waals surface area contributed by atoms with Crippen molar-refractivity contribution in [3.63, 3.8) is 0 Å². The second-order valence-electron chi connectivity index (χ2n) is 4.01. The van der Waals surface area contributed by atoms with E-state index >= 15 is 0 Å². The van der Waals surface area contributed by atoms with Crippen LogP contribution in [0.4, 0.5) is 11.5 Å². The highest BCUT2D eigenvalue weighted by atomic mass is 79.9. The summed E-state index contributed by atoms with van der Waals surface area (Å²) in [7, 11) is 1.36. The molecule has 0 unspecified atom stereocenters. The Labute approximate surface area is 119 Å². The van der Waals surface area contributed by atoms with Crippen molar-refractivity contribution in [2.45, 2.75) is 6.92 Å². The largest absolute Gasteiger partial charge is 0.465 e. The van der Waals surface area contributed by atoms with E-state index in [9.17, 15) is 4.79 Å². The van der Waals surface area contributed by atoms with Gasteiger partial charge in [0.1, 0.15) is 5.82 Å². The molecule has 1 N–H and O–H groups in total. The molecule has 0 fully saturated rings. The SMILES string of the molecule is COC(=O)c1ccnc(Nc2ccc(Br)c(C)c2)c1. The molecular weight excluding hydrogens is 308 g/mol. The minimum Gasteiger partial charge on any atom is -0.465 e. The van der Waals surface area contributed by atoms with Crippen LogP contribution in [0.2, 0.25) is 0 Å². The number of esters is 1. The number of benzene rings is 1. The third-order valence-electron chi connectivity index (χ3n) is 2.61. The Morgan fingerprint density at radius 1 is 1.32 bits per heavy atom. The van der Waals surface area contributed by atoms with Gasteiger partial charge >= 0.3 is 5.97 Å². The monoisotopic (exact) mass is 320 g/mol. The van der Waals surface area contributed by atoms with E-state index in [-0.39, 0.29) is 5.97 Å². The van der Waals surface area contributed by atoms with Crippen LogP contribution in [0.1, 0.15) is 15.9 Å². The van der Waals surface area contributed by atoms with E-state index < -0.39 is 0 Å². The van der Waals surface area contributed by atoms with Crippen LogP contribution in [-0.4, -0.2) is 18.1 Å². The number of carbonyl (C=O) groups excluding carboxylic acids is 1. The third-order valence-corrected chi connectivity index (χ3v) is 3.50. The normalized spacial score (nSPS) is 10.1. The van der Waals surface area contributed by atoms with Gasteiger partial charge < -0.3 is 10.1 Å². The fourth-order valence-electron chi connectivity index (χ4n) is 1.61. The summed E-state index contributed by atoms with van der Waals surface area (Å²) in [5, 5.41) is 3.15. The molecule has 2 rings (SSSR count). The van der Waals surface area contributed by atoms with Gasteiger partial charge in [0.2, 0.25) is 0 Å². The summed E-state index contributed by atoms with van der Waals surface area (Å²) in [5.74, 6) is 0.224. The summed E-state index contributed by atoms with van der Waals surface area (Å²) in [5.41, 5.74) is 2.50. The van der Waals surface area contributed by atoms with Gasteiger partial charge in [-0.1, -0.05) is 15.9 Å². The van der Waals surface area contributed by atoms with Gasteiger partial charge in [-0.05, 0) is 42.8 Å². The first-order valence-corrected chi connectivity index (χ1v) is 6.47. The van der Waals surface area contributed by atoms with Crippen LogP contribution < -0.4 is 5.32 Å². The second kappa shape index (κ2) is 5.84. The molecule has 2 aromatic rings. The van der Waals surface area contributed by atoms with E-state index in [1.165, 1.54) is 7.11 Å². The Balaban J connectivity index is 2.23. The zero-order chi connectivity index (χ0) is 13.8. The maximum absolute atomic E-state index is 11.4. The zero-order valence-corrected chi connectivity index (χ0v) is 12.2. The first kappa shape index (κ1) is 13.5. The fourth-order valence-corrected chi connectivity index (χ4v) is 1.86. The number of aromatic nitrogens is 1. The van der Waals surface area contributed by atoms with E-state index in [1.807, 2.05) is 25.1 Å². The second-order valence-corrected chi connectivity index (χ2v) is 4.86. The zero-order valence-electron chi connectivity index (χ0n) is 10.6. The third kappa shape index (κ3) is 3.32. The standard InChI is InChI=1S/C14H13BrN2O2/c1-9-7-11(3-4-12(9)15)17-13-8-10(5-6-16-13)14(18)19-2/h3-8H,1-2H3,(H,16,17). The first-order valence-electron chi connectivity index (χ1n) is 5.67. The van der Waals surface area contributed by atoms with Crippen LogP contribution in [0.5, 0.6) is 0 Å². The van der Waals surface area contributed by atoms with Crippen molar-refractivity contribution in [2.75, 3.05) is 12.4 Å². The molecular formula is C14H13BrN2O2. The number of rotatable bonds is 3. The van der Waals surface area contributed by atoms with Crippen LogP contribution in [0, 0.1) is 6.92 Å². The number of nitrogens with zero attached hydrogens (tertiary/aromatic N) is 1. The highest BCUT2D eigenvalue weighted by Gasteiger charge is 2.06. The van der Waals surface area contributed by atoms with Crippen molar-refractivity contribution in [1.82, 2.24) is 4.98 Å². The van der Waals surface area contributed by atoms with Crippen molar-refractivity contribution in [2.24, 2.45) is 0 Å². The highest BCUT2D eigenvalue weighted by Crippen LogP contribution is 2.22. The molecule has 1 aromatic carbocycles. The van der Waals surface area contributed by atoms with E-state index in [2.05, 4.69) is 31.0 Å². The number of anilines is 2. The summed E-state index contributed by atoms with van der Waals surface area (Å²) in [6.45, 7) is 2.01. The minimum atomic E-state index is -0.377. The molecule has 98 valence electrons. The number of hydrogen-bond donors (Lipinski definition) is 1. The van der Waals surface area contributed by atoms with E-state index in [1.54, 1.807) is 18.3 Å². The van der Waals surface area contributed by atoms with Gasteiger partial charge in [-0.3, -0.25) is 0 Å². The van der Waals surface area contributed by atoms with Crippen molar-refractivity contribution in [3.05, 3.63) is 52.1 Å². The smallest absolute Gasteiger partial charge is 0.338 e. The van der Waals surface area contributed by atoms with E-state index in [0.29, 0.717) is 11.4 Å². The number of halogens is 1. The predicted octanol–water partition coefficient (Wildman–Crippen LogP) is 3.68. The van der Waals surface area contributed by atoms with E-state index in [4.69, 9.17) is 0 Å². The molecule has 1 aromatic heterocycles. The Morgan fingerprint density at radius 3 is 2.79 bits per heavy atom. The number of aryl methyl sites for hydroxylation is 1. The summed E-state index contributed by atoms with van der Waals surface area (Å²) in [6, 6.07) is 9.16. The van der Waals surface area contributed by atoms with Gasteiger partial charge in [0.25, 0.3) is 0 Å². The molecule has 0 amide bonds. The van der Waals surface area contributed by atoms with E-state index in [0.717, 1.165) is 15.7 Å². The molecule has 0 saturated heterocycles. The van der Waals surface area contributed by atoms with Gasteiger partial charge in [-0.2, -0.15) is 0 Å². The Hall–Kier alpha value is -1.88. The molecule has 1 heterocycles.